The highest BCUT2D eigenvalue weighted by Crippen LogP contribution is 2.28. The van der Waals surface area contributed by atoms with E-state index < -0.39 is 10.8 Å². The zero-order valence-corrected chi connectivity index (χ0v) is 17.7. The Morgan fingerprint density at radius 1 is 1.13 bits per heavy atom. The summed E-state index contributed by atoms with van der Waals surface area (Å²) in [5.74, 6) is 0.434. The van der Waals surface area contributed by atoms with Crippen molar-refractivity contribution in [3.8, 4) is 11.5 Å². The van der Waals surface area contributed by atoms with Gasteiger partial charge in [0.1, 0.15) is 17.1 Å². The van der Waals surface area contributed by atoms with Crippen LogP contribution in [0.15, 0.2) is 42.5 Å². The molecule has 0 radical (unpaired) electrons. The lowest BCUT2D eigenvalue weighted by Gasteiger charge is -2.36. The monoisotopic (exact) mass is 428 g/mol. The van der Waals surface area contributed by atoms with Gasteiger partial charge in [-0.3, -0.25) is 19.8 Å². The summed E-state index contributed by atoms with van der Waals surface area (Å²) >= 11 is 0. The van der Waals surface area contributed by atoms with Gasteiger partial charge in [-0.25, -0.2) is 0 Å². The molecule has 0 spiro atoms. The number of nitrogens with zero attached hydrogens (tertiary/aromatic N) is 3. The normalized spacial score (nSPS) is 14.3. The van der Waals surface area contributed by atoms with Crippen LogP contribution in [-0.4, -0.2) is 62.2 Å². The first-order valence-corrected chi connectivity index (χ1v) is 10.3. The van der Waals surface area contributed by atoms with Crippen molar-refractivity contribution in [1.82, 2.24) is 4.90 Å². The number of anilines is 1. The van der Waals surface area contributed by atoms with Gasteiger partial charge in [0.15, 0.2) is 0 Å². The van der Waals surface area contributed by atoms with Gasteiger partial charge < -0.3 is 20.1 Å². The predicted octanol–water partition coefficient (Wildman–Crippen LogP) is 2.68. The van der Waals surface area contributed by atoms with Crippen molar-refractivity contribution < 1.29 is 19.2 Å². The van der Waals surface area contributed by atoms with Crippen molar-refractivity contribution in [3.05, 3.63) is 58.1 Å². The Labute approximate surface area is 181 Å². The fraction of sp³-hybridized carbons (Fsp3) is 0.409. The van der Waals surface area contributed by atoms with E-state index in [0.717, 1.165) is 57.0 Å². The fourth-order valence-corrected chi connectivity index (χ4v) is 3.69. The second-order valence-electron chi connectivity index (χ2n) is 7.36. The van der Waals surface area contributed by atoms with Crippen LogP contribution < -0.4 is 20.1 Å². The van der Waals surface area contributed by atoms with Gasteiger partial charge in [-0.15, -0.1) is 0 Å². The number of carbonyl (C=O) groups is 1. The topological polar surface area (TPSA) is 111 Å². The third-order valence-electron chi connectivity index (χ3n) is 5.37. The molecule has 0 saturated carbocycles. The summed E-state index contributed by atoms with van der Waals surface area (Å²) in [6.07, 6.45) is 1.80. The average Bonchev–Trinajstić information content (AvgIpc) is 2.79. The van der Waals surface area contributed by atoms with Crippen LogP contribution in [0.1, 0.15) is 23.2 Å². The van der Waals surface area contributed by atoms with Crippen molar-refractivity contribution in [2.45, 2.75) is 12.8 Å². The third kappa shape index (κ3) is 5.85. The molecule has 1 fully saturated rings. The first kappa shape index (κ1) is 22.4. The molecule has 3 rings (SSSR count). The van der Waals surface area contributed by atoms with E-state index in [9.17, 15) is 14.9 Å². The summed E-state index contributed by atoms with van der Waals surface area (Å²) in [5.41, 5.74) is 5.85. The molecule has 1 amide bonds. The minimum atomic E-state index is -0.830. The first-order valence-electron chi connectivity index (χ1n) is 10.3. The summed E-state index contributed by atoms with van der Waals surface area (Å²) in [7, 11) is 1.70. The second kappa shape index (κ2) is 10.6. The van der Waals surface area contributed by atoms with Crippen molar-refractivity contribution in [2.75, 3.05) is 51.3 Å². The van der Waals surface area contributed by atoms with Gasteiger partial charge in [0.25, 0.3) is 11.6 Å². The van der Waals surface area contributed by atoms with Gasteiger partial charge >= 0.3 is 0 Å². The molecule has 9 heteroatoms. The van der Waals surface area contributed by atoms with Crippen LogP contribution in [0.25, 0.3) is 0 Å². The van der Waals surface area contributed by atoms with Crippen LogP contribution in [0.3, 0.4) is 0 Å². The van der Waals surface area contributed by atoms with E-state index in [0.29, 0.717) is 12.4 Å². The van der Waals surface area contributed by atoms with Crippen molar-refractivity contribution >= 4 is 17.3 Å². The molecule has 9 nitrogen and oxygen atoms in total. The van der Waals surface area contributed by atoms with Gasteiger partial charge in [0, 0.05) is 26.2 Å². The Hall–Kier alpha value is -3.33. The maximum Gasteiger partial charge on any atom is 0.285 e. The lowest BCUT2D eigenvalue weighted by Crippen LogP contribution is -2.46. The Bertz CT molecular complexity index is 913. The van der Waals surface area contributed by atoms with E-state index in [1.54, 1.807) is 7.11 Å². The van der Waals surface area contributed by atoms with E-state index >= 15 is 0 Å². The largest absolute Gasteiger partial charge is 0.495 e. The Morgan fingerprint density at radius 2 is 1.87 bits per heavy atom. The van der Waals surface area contributed by atoms with Crippen LogP contribution in [-0.2, 0) is 0 Å². The smallest absolute Gasteiger partial charge is 0.285 e. The van der Waals surface area contributed by atoms with Gasteiger partial charge in [-0.1, -0.05) is 12.1 Å². The Morgan fingerprint density at radius 3 is 2.55 bits per heavy atom. The standard InChI is InChI=1S/C22H28N4O5/c1-30-21-7-3-2-6-19(21)25-13-11-24(12-14-25)10-4-5-15-31-17-8-9-18(22(23)27)20(16-17)26(28)29/h2-3,6-9,16H,4-5,10-15H2,1H3,(H2,23,27). The maximum absolute atomic E-state index is 11.3. The number of nitro groups is 1. The molecule has 1 heterocycles. The number of hydrogen-bond acceptors (Lipinski definition) is 7. The number of methoxy groups -OCH3 is 1. The van der Waals surface area contributed by atoms with Crippen LogP contribution in [0.5, 0.6) is 11.5 Å². The number of amides is 1. The predicted molar refractivity (Wildman–Crippen MR) is 118 cm³/mol. The number of ether oxygens (including phenoxy) is 2. The molecule has 31 heavy (non-hydrogen) atoms. The summed E-state index contributed by atoms with van der Waals surface area (Å²) in [6.45, 7) is 5.30. The molecule has 1 aliphatic rings. The van der Waals surface area contributed by atoms with Crippen molar-refractivity contribution in [2.24, 2.45) is 5.73 Å². The van der Waals surface area contributed by atoms with Crippen LogP contribution in [0.2, 0.25) is 0 Å². The minimum absolute atomic E-state index is 0.121. The Kier molecular flexibility index (Phi) is 7.66. The summed E-state index contributed by atoms with van der Waals surface area (Å²) < 4.78 is 11.1. The lowest BCUT2D eigenvalue weighted by atomic mass is 10.1. The molecule has 0 aromatic heterocycles. The van der Waals surface area contributed by atoms with Crippen molar-refractivity contribution in [3.63, 3.8) is 0 Å². The van der Waals surface area contributed by atoms with Gasteiger partial charge in [-0.05, 0) is 43.7 Å². The van der Waals surface area contributed by atoms with Gasteiger partial charge in [0.05, 0.1) is 30.4 Å². The maximum atomic E-state index is 11.3. The third-order valence-corrected chi connectivity index (χ3v) is 5.37. The molecule has 2 aromatic carbocycles. The van der Waals surface area contributed by atoms with Crippen LogP contribution in [0.4, 0.5) is 11.4 Å². The molecular formula is C22H28N4O5. The molecule has 2 N–H and O–H groups in total. The number of benzene rings is 2. The quantitative estimate of drug-likeness (QED) is 0.352. The summed E-state index contributed by atoms with van der Waals surface area (Å²) in [4.78, 5) is 26.5. The number of nitro benzene ring substituents is 1. The SMILES string of the molecule is COc1ccccc1N1CCN(CCCCOc2ccc(C(N)=O)c([N+](=O)[O-])c2)CC1. The first-order chi connectivity index (χ1) is 15.0. The molecule has 0 bridgehead atoms. The zero-order valence-electron chi connectivity index (χ0n) is 17.7. The van der Waals surface area contributed by atoms with E-state index in [1.807, 2.05) is 18.2 Å². The highest BCUT2D eigenvalue weighted by molar-refractivity contribution is 5.97. The van der Waals surface area contributed by atoms with E-state index in [2.05, 4.69) is 15.9 Å². The molecule has 0 unspecified atom stereocenters. The molecule has 1 saturated heterocycles. The highest BCUT2D eigenvalue weighted by Gasteiger charge is 2.20. The van der Waals surface area contributed by atoms with Crippen molar-refractivity contribution in [1.29, 1.82) is 0 Å². The summed E-state index contributed by atoms with van der Waals surface area (Å²) in [5, 5.41) is 11.1. The molecule has 0 aliphatic carbocycles. The second-order valence-corrected chi connectivity index (χ2v) is 7.36. The highest BCUT2D eigenvalue weighted by atomic mass is 16.6. The number of primary amides is 1. The molecule has 0 atom stereocenters. The van der Waals surface area contributed by atoms with E-state index in [-0.39, 0.29) is 11.3 Å². The fourth-order valence-electron chi connectivity index (χ4n) is 3.69. The number of piperazine rings is 1. The average molecular weight is 428 g/mol. The van der Waals surface area contributed by atoms with Crippen LogP contribution >= 0.6 is 0 Å². The van der Waals surface area contributed by atoms with Crippen LogP contribution in [0, 0.1) is 10.1 Å². The molecule has 2 aromatic rings. The number of nitrogens with two attached hydrogens (primary N) is 1. The zero-order chi connectivity index (χ0) is 22.2. The van der Waals surface area contributed by atoms with E-state index in [1.165, 1.54) is 18.2 Å². The van der Waals surface area contributed by atoms with E-state index in [4.69, 9.17) is 15.2 Å². The number of unbranched alkanes of at least 4 members (excludes halogenated alkanes) is 1. The number of carbonyl (C=O) groups excluding carboxylic acids is 1. The number of hydrogen-bond donors (Lipinski definition) is 1. The number of rotatable bonds is 10. The Balaban J connectivity index is 1.39. The molecule has 166 valence electrons. The number of para-hydroxylation sites is 2. The minimum Gasteiger partial charge on any atom is -0.495 e. The lowest BCUT2D eigenvalue weighted by molar-refractivity contribution is -0.385. The summed E-state index contributed by atoms with van der Waals surface area (Å²) in [6, 6.07) is 12.2. The molecular weight excluding hydrogens is 400 g/mol. The van der Waals surface area contributed by atoms with Gasteiger partial charge in [-0.2, -0.15) is 0 Å². The molecule has 1 aliphatic heterocycles. The van der Waals surface area contributed by atoms with Gasteiger partial charge in [0.2, 0.25) is 0 Å².